The van der Waals surface area contributed by atoms with Crippen molar-refractivity contribution >= 4 is 71.8 Å². The second kappa shape index (κ2) is 5.83. The number of nitrogens with zero attached hydrogens (tertiary/aromatic N) is 2. The fraction of sp³-hybridized carbons (Fsp3) is 0. The van der Waals surface area contributed by atoms with Gasteiger partial charge in [-0.15, -0.1) is 0 Å². The van der Waals surface area contributed by atoms with Crippen LogP contribution in [0.5, 0.6) is 0 Å². The van der Waals surface area contributed by atoms with E-state index in [-0.39, 0.29) is 9.90 Å². The Bertz CT molecular complexity index is 902. The Kier molecular flexibility index (Phi) is 4.03. The van der Waals surface area contributed by atoms with Crippen LogP contribution in [0.3, 0.4) is 0 Å². The second-order valence-corrected chi connectivity index (χ2v) is 6.92. The Morgan fingerprint density at radius 2 is 2.18 bits per heavy atom. The van der Waals surface area contributed by atoms with Gasteiger partial charge in [-0.05, 0) is 0 Å². The second-order valence-electron chi connectivity index (χ2n) is 4.31. The summed E-state index contributed by atoms with van der Waals surface area (Å²) in [5.41, 5.74) is 0.557. The first-order valence-corrected chi connectivity index (χ1v) is 8.36. The molecule has 0 spiro atoms. The van der Waals surface area contributed by atoms with Crippen LogP contribution in [0.4, 0.5) is 15.9 Å². The summed E-state index contributed by atoms with van der Waals surface area (Å²) in [6.07, 6.45) is 1.35. The molecule has 3 rings (SSSR count). The number of carboxylic acids is 1. The van der Waals surface area contributed by atoms with Gasteiger partial charge >= 0.3 is 142 Å². The van der Waals surface area contributed by atoms with Gasteiger partial charge in [-0.25, -0.2) is 0 Å². The van der Waals surface area contributed by atoms with Crippen molar-refractivity contribution in [1.29, 1.82) is 0 Å². The Hall–Kier alpha value is -1.69. The van der Waals surface area contributed by atoms with Crippen LogP contribution < -0.4 is 9.67 Å². The molecule has 0 aliphatic carbocycles. The average molecular weight is 400 g/mol. The molecule has 0 aliphatic rings. The predicted octanol–water partition coefficient (Wildman–Crippen LogP) is 2.18. The molecule has 1 atom stereocenters. The normalized spacial score (nSPS) is 10.9. The van der Waals surface area contributed by atoms with Crippen molar-refractivity contribution in [3.05, 3.63) is 40.2 Å². The number of hydrogen-bond acceptors (Lipinski definition) is 5. The molecule has 0 amide bonds. The molecule has 1 aromatic carbocycles. The first-order valence-electron chi connectivity index (χ1n) is 5.95. The van der Waals surface area contributed by atoms with E-state index in [1.54, 1.807) is 0 Å². The minimum absolute atomic E-state index is 0.00668. The van der Waals surface area contributed by atoms with E-state index in [4.69, 9.17) is 11.6 Å². The molecule has 2 aromatic heterocycles. The molecular formula is C13H8AsClFN3O2S. The van der Waals surface area contributed by atoms with Gasteiger partial charge in [-0.1, -0.05) is 0 Å². The molecule has 0 radical (unpaired) electrons. The van der Waals surface area contributed by atoms with Crippen LogP contribution in [0.2, 0.25) is 5.02 Å². The van der Waals surface area contributed by atoms with Gasteiger partial charge in [0.1, 0.15) is 0 Å². The Morgan fingerprint density at radius 1 is 1.41 bits per heavy atom. The first-order chi connectivity index (χ1) is 10.5. The van der Waals surface area contributed by atoms with Crippen molar-refractivity contribution in [3.63, 3.8) is 0 Å². The number of aromatic carboxylic acids is 1. The molecule has 3 aromatic rings. The molecule has 0 fully saturated rings. The molecule has 112 valence electrons. The molecule has 2 N–H and O–H groups in total. The number of carboxylic acid groups (broad SMARTS) is 1. The van der Waals surface area contributed by atoms with E-state index >= 15 is 0 Å². The summed E-state index contributed by atoms with van der Waals surface area (Å²) < 4.78 is 13.8. The number of nitrogens with one attached hydrogen (secondary N) is 1. The van der Waals surface area contributed by atoms with Crippen LogP contribution in [-0.4, -0.2) is 37.9 Å². The number of fused-ring (bicyclic) bond motifs is 1. The van der Waals surface area contributed by atoms with Crippen molar-refractivity contribution in [2.45, 2.75) is 0 Å². The van der Waals surface area contributed by atoms with E-state index in [1.165, 1.54) is 41.4 Å². The molecule has 0 bridgehead atoms. The van der Waals surface area contributed by atoms with Gasteiger partial charge in [0.25, 0.3) is 0 Å². The van der Waals surface area contributed by atoms with Gasteiger partial charge in [0.15, 0.2) is 0 Å². The Morgan fingerprint density at radius 3 is 2.86 bits per heavy atom. The summed E-state index contributed by atoms with van der Waals surface area (Å²) in [6, 6.07) is 4.21. The fourth-order valence-electron chi connectivity index (χ4n) is 1.92. The quantitative estimate of drug-likeness (QED) is 0.660. The van der Waals surface area contributed by atoms with E-state index in [0.717, 1.165) is 11.3 Å². The zero-order chi connectivity index (χ0) is 15.9. The van der Waals surface area contributed by atoms with E-state index in [0.29, 0.717) is 26.1 Å². The standard InChI is InChI=1S/C13H8AsClFN3O2S/c14-9-8-11(19-5-1-2-7(16)6(15)3-5)17-4-18-12(8)22-10(9)13(20)21/h1-4H,14H2,(H,20,21)(H,17,18,19). The fourth-order valence-corrected chi connectivity index (χ4v) is 4.42. The third-order valence-corrected chi connectivity index (χ3v) is 5.94. The number of benzene rings is 1. The van der Waals surface area contributed by atoms with E-state index in [1.807, 2.05) is 0 Å². The molecular weight excluding hydrogens is 392 g/mol. The van der Waals surface area contributed by atoms with Crippen LogP contribution in [0.15, 0.2) is 24.5 Å². The summed E-state index contributed by atoms with van der Waals surface area (Å²) in [6.45, 7) is 0. The van der Waals surface area contributed by atoms with Gasteiger partial charge in [0.05, 0.1) is 0 Å². The van der Waals surface area contributed by atoms with Crippen molar-refractivity contribution < 1.29 is 14.3 Å². The number of halogens is 2. The Balaban J connectivity index is 2.10. The van der Waals surface area contributed by atoms with Crippen LogP contribution in [0, 0.1) is 5.82 Å². The molecule has 22 heavy (non-hydrogen) atoms. The number of thiophene rings is 1. The summed E-state index contributed by atoms with van der Waals surface area (Å²) in [4.78, 5) is 20.3. The van der Waals surface area contributed by atoms with Gasteiger partial charge in [0.2, 0.25) is 0 Å². The summed E-state index contributed by atoms with van der Waals surface area (Å²) in [5, 5.41) is 12.9. The zero-order valence-corrected chi connectivity index (χ0v) is 14.8. The van der Waals surface area contributed by atoms with Crippen molar-refractivity contribution in [3.8, 4) is 0 Å². The van der Waals surface area contributed by atoms with Crippen molar-refractivity contribution in [1.82, 2.24) is 9.97 Å². The van der Waals surface area contributed by atoms with Gasteiger partial charge in [-0.3, -0.25) is 0 Å². The number of carbonyl (C=O) groups is 1. The predicted molar refractivity (Wildman–Crippen MR) is 87.2 cm³/mol. The van der Waals surface area contributed by atoms with Crippen LogP contribution in [0.1, 0.15) is 9.67 Å². The molecule has 9 heteroatoms. The molecule has 0 saturated carbocycles. The number of anilines is 2. The molecule has 1 unspecified atom stereocenters. The summed E-state index contributed by atoms with van der Waals surface area (Å²) >= 11 is 8.04. The third kappa shape index (κ3) is 2.67. The van der Waals surface area contributed by atoms with Gasteiger partial charge in [-0.2, -0.15) is 0 Å². The summed E-state index contributed by atoms with van der Waals surface area (Å²) in [5.74, 6) is -1.03. The number of hydrogen-bond donors (Lipinski definition) is 2. The average Bonchev–Trinajstić information content (AvgIpc) is 2.81. The molecule has 0 aliphatic heterocycles. The van der Waals surface area contributed by atoms with E-state index in [2.05, 4.69) is 15.3 Å². The van der Waals surface area contributed by atoms with Crippen LogP contribution >= 0.6 is 22.9 Å². The number of aromatic nitrogens is 2. The molecule has 2 heterocycles. The molecule has 0 saturated heterocycles. The monoisotopic (exact) mass is 399 g/mol. The third-order valence-electron chi connectivity index (χ3n) is 2.90. The maximum atomic E-state index is 13.2. The topological polar surface area (TPSA) is 75.1 Å². The zero-order valence-electron chi connectivity index (χ0n) is 10.8. The number of rotatable bonds is 3. The van der Waals surface area contributed by atoms with E-state index < -0.39 is 11.8 Å². The molecule has 5 nitrogen and oxygen atoms in total. The van der Waals surface area contributed by atoms with Crippen LogP contribution in [0.25, 0.3) is 10.2 Å². The minimum atomic E-state index is -0.988. The van der Waals surface area contributed by atoms with Gasteiger partial charge < -0.3 is 0 Å². The summed E-state index contributed by atoms with van der Waals surface area (Å²) in [7, 11) is 0. The Labute approximate surface area is 141 Å². The van der Waals surface area contributed by atoms with Crippen LogP contribution in [-0.2, 0) is 0 Å². The maximum absolute atomic E-state index is 13.2. The van der Waals surface area contributed by atoms with Crippen molar-refractivity contribution in [2.24, 2.45) is 0 Å². The SMILES string of the molecule is O=C(O)c1sc2ncnc(Nc3ccc(F)c(Cl)c3)c2c1[AsH2]. The van der Waals surface area contributed by atoms with Gasteiger partial charge in [0, 0.05) is 0 Å². The first kappa shape index (κ1) is 15.2. The van der Waals surface area contributed by atoms with E-state index in [9.17, 15) is 14.3 Å². The van der Waals surface area contributed by atoms with Crippen molar-refractivity contribution in [2.75, 3.05) is 5.32 Å².